The van der Waals surface area contributed by atoms with Crippen molar-refractivity contribution >= 4 is 29.1 Å². The quantitative estimate of drug-likeness (QED) is 0.546. The van der Waals surface area contributed by atoms with Crippen molar-refractivity contribution in [2.24, 2.45) is 4.99 Å². The molecular weight excluding hydrogens is 350 g/mol. The van der Waals surface area contributed by atoms with Gasteiger partial charge in [0.1, 0.15) is 6.54 Å². The fourth-order valence-electron chi connectivity index (χ4n) is 2.72. The standard InChI is InChI=1S/C18H29N5O2S/c1-4-16(24)23-10-8-14(13-23)21-18(20-12-17(25)22(2)3)19-9-7-15-6-5-11-26-15/h5-6,11,14H,4,7-10,12-13H2,1-3H3,(H2,19,20,21). The van der Waals surface area contributed by atoms with Gasteiger partial charge in [0, 0.05) is 51.1 Å². The fourth-order valence-corrected chi connectivity index (χ4v) is 3.43. The van der Waals surface area contributed by atoms with E-state index in [1.54, 1.807) is 25.4 Å². The number of nitrogens with zero attached hydrogens (tertiary/aromatic N) is 3. The number of aliphatic imine (C=N–C) groups is 1. The Hall–Kier alpha value is -2.09. The van der Waals surface area contributed by atoms with Crippen LogP contribution >= 0.6 is 11.3 Å². The highest BCUT2D eigenvalue weighted by Gasteiger charge is 2.25. The van der Waals surface area contributed by atoms with Crippen molar-refractivity contribution in [1.29, 1.82) is 0 Å². The molecule has 0 aromatic carbocycles. The molecule has 1 aromatic heterocycles. The molecule has 8 heteroatoms. The SMILES string of the molecule is CCC(=O)N1CCC(NC(=NCC(=O)N(C)C)NCCc2cccs2)C1. The van der Waals surface area contributed by atoms with Crippen LogP contribution in [0.3, 0.4) is 0 Å². The first-order valence-electron chi connectivity index (χ1n) is 9.04. The second-order valence-electron chi connectivity index (χ2n) is 6.53. The summed E-state index contributed by atoms with van der Waals surface area (Å²) in [5.74, 6) is 0.771. The summed E-state index contributed by atoms with van der Waals surface area (Å²) in [6, 6.07) is 4.31. The maximum Gasteiger partial charge on any atom is 0.243 e. The molecule has 7 nitrogen and oxygen atoms in total. The molecule has 26 heavy (non-hydrogen) atoms. The largest absolute Gasteiger partial charge is 0.356 e. The lowest BCUT2D eigenvalue weighted by molar-refractivity contribution is -0.130. The van der Waals surface area contributed by atoms with Gasteiger partial charge in [-0.05, 0) is 24.3 Å². The van der Waals surface area contributed by atoms with E-state index in [0.29, 0.717) is 18.9 Å². The van der Waals surface area contributed by atoms with E-state index in [9.17, 15) is 9.59 Å². The van der Waals surface area contributed by atoms with E-state index in [1.165, 1.54) is 9.78 Å². The molecule has 1 saturated heterocycles. The van der Waals surface area contributed by atoms with E-state index < -0.39 is 0 Å². The van der Waals surface area contributed by atoms with Gasteiger partial charge in [0.05, 0.1) is 0 Å². The number of amides is 2. The summed E-state index contributed by atoms with van der Waals surface area (Å²) >= 11 is 1.73. The number of hydrogen-bond donors (Lipinski definition) is 2. The summed E-state index contributed by atoms with van der Waals surface area (Å²) < 4.78 is 0. The van der Waals surface area contributed by atoms with Crippen molar-refractivity contribution in [1.82, 2.24) is 20.4 Å². The Bertz CT molecular complexity index is 615. The molecule has 1 aliphatic heterocycles. The van der Waals surface area contributed by atoms with Gasteiger partial charge in [-0.15, -0.1) is 11.3 Å². The Morgan fingerprint density at radius 3 is 2.88 bits per heavy atom. The molecular formula is C18H29N5O2S. The van der Waals surface area contributed by atoms with Gasteiger partial charge >= 0.3 is 0 Å². The molecule has 1 atom stereocenters. The van der Waals surface area contributed by atoms with Crippen LogP contribution in [0.4, 0.5) is 0 Å². The first kappa shape index (κ1) is 20.2. The number of likely N-dealkylation sites (N-methyl/N-ethyl adjacent to an activating group) is 1. The van der Waals surface area contributed by atoms with Crippen LogP contribution in [-0.4, -0.2) is 73.9 Å². The van der Waals surface area contributed by atoms with Crippen LogP contribution in [0.5, 0.6) is 0 Å². The lowest BCUT2D eigenvalue weighted by Crippen LogP contribution is -2.46. The fraction of sp³-hybridized carbons (Fsp3) is 0.611. The molecule has 144 valence electrons. The van der Waals surface area contributed by atoms with Crippen LogP contribution in [0, 0.1) is 0 Å². The van der Waals surface area contributed by atoms with Gasteiger partial charge in [0.15, 0.2) is 5.96 Å². The van der Waals surface area contributed by atoms with Gasteiger partial charge in [-0.2, -0.15) is 0 Å². The smallest absolute Gasteiger partial charge is 0.243 e. The van der Waals surface area contributed by atoms with E-state index >= 15 is 0 Å². The summed E-state index contributed by atoms with van der Waals surface area (Å²) in [6.45, 7) is 4.18. The molecule has 1 unspecified atom stereocenters. The minimum atomic E-state index is -0.0430. The molecule has 1 aromatic rings. The third-order valence-electron chi connectivity index (χ3n) is 4.30. The van der Waals surface area contributed by atoms with Gasteiger partial charge in [-0.1, -0.05) is 13.0 Å². The van der Waals surface area contributed by atoms with E-state index in [4.69, 9.17) is 0 Å². The summed E-state index contributed by atoms with van der Waals surface area (Å²) in [6.07, 6.45) is 2.33. The maximum absolute atomic E-state index is 11.8. The van der Waals surface area contributed by atoms with Crippen molar-refractivity contribution in [3.8, 4) is 0 Å². The molecule has 2 amide bonds. The normalized spacial score (nSPS) is 17.3. The Balaban J connectivity index is 1.90. The number of nitrogens with one attached hydrogen (secondary N) is 2. The third kappa shape index (κ3) is 6.33. The second-order valence-corrected chi connectivity index (χ2v) is 7.56. The highest BCUT2D eigenvalue weighted by Crippen LogP contribution is 2.11. The first-order chi connectivity index (χ1) is 12.5. The lowest BCUT2D eigenvalue weighted by atomic mass is 10.3. The molecule has 0 bridgehead atoms. The van der Waals surface area contributed by atoms with Crippen LogP contribution in [0.25, 0.3) is 0 Å². The number of likely N-dealkylation sites (tertiary alicyclic amines) is 1. The average Bonchev–Trinajstić information content (AvgIpc) is 3.30. The number of carbonyl (C=O) groups is 2. The minimum absolute atomic E-state index is 0.0430. The van der Waals surface area contributed by atoms with Crippen molar-refractivity contribution in [3.05, 3.63) is 22.4 Å². The summed E-state index contributed by atoms with van der Waals surface area (Å²) in [5, 5.41) is 8.75. The summed E-state index contributed by atoms with van der Waals surface area (Å²) in [5.41, 5.74) is 0. The van der Waals surface area contributed by atoms with Crippen LogP contribution in [0.2, 0.25) is 0 Å². The van der Waals surface area contributed by atoms with Gasteiger partial charge in [0.25, 0.3) is 0 Å². The van der Waals surface area contributed by atoms with Crippen molar-refractivity contribution < 1.29 is 9.59 Å². The van der Waals surface area contributed by atoms with Gasteiger partial charge in [-0.3, -0.25) is 9.59 Å². The molecule has 0 saturated carbocycles. The van der Waals surface area contributed by atoms with E-state index in [1.807, 2.05) is 17.9 Å². The topological polar surface area (TPSA) is 77.0 Å². The second kappa shape index (κ2) is 10.2. The summed E-state index contributed by atoms with van der Waals surface area (Å²) in [4.78, 5) is 32.8. The predicted molar refractivity (Wildman–Crippen MR) is 105 cm³/mol. The molecule has 1 fully saturated rings. The van der Waals surface area contributed by atoms with Crippen LogP contribution < -0.4 is 10.6 Å². The Kier molecular flexibility index (Phi) is 7.90. The van der Waals surface area contributed by atoms with Crippen LogP contribution in [0.15, 0.2) is 22.5 Å². The van der Waals surface area contributed by atoms with Crippen molar-refractivity contribution in [2.45, 2.75) is 32.2 Å². The number of guanidine groups is 1. The predicted octanol–water partition coefficient (Wildman–Crippen LogP) is 0.925. The van der Waals surface area contributed by atoms with Crippen LogP contribution in [0.1, 0.15) is 24.6 Å². The molecule has 2 N–H and O–H groups in total. The Morgan fingerprint density at radius 1 is 1.42 bits per heavy atom. The summed E-state index contributed by atoms with van der Waals surface area (Å²) in [7, 11) is 3.45. The molecule has 0 aliphatic carbocycles. The van der Waals surface area contributed by atoms with Gasteiger partial charge in [0.2, 0.25) is 11.8 Å². The van der Waals surface area contributed by atoms with Crippen molar-refractivity contribution in [3.63, 3.8) is 0 Å². The van der Waals surface area contributed by atoms with Gasteiger partial charge in [-0.25, -0.2) is 4.99 Å². The van der Waals surface area contributed by atoms with E-state index in [-0.39, 0.29) is 24.4 Å². The Labute approximate surface area is 159 Å². The molecule has 0 spiro atoms. The number of rotatable bonds is 7. The Morgan fingerprint density at radius 2 is 2.23 bits per heavy atom. The van der Waals surface area contributed by atoms with E-state index in [0.717, 1.165) is 25.9 Å². The highest BCUT2D eigenvalue weighted by atomic mass is 32.1. The molecule has 2 heterocycles. The first-order valence-corrected chi connectivity index (χ1v) is 9.92. The van der Waals surface area contributed by atoms with Crippen LogP contribution in [-0.2, 0) is 16.0 Å². The monoisotopic (exact) mass is 379 g/mol. The zero-order valence-corrected chi connectivity index (χ0v) is 16.6. The third-order valence-corrected chi connectivity index (χ3v) is 5.24. The zero-order valence-electron chi connectivity index (χ0n) is 15.8. The zero-order chi connectivity index (χ0) is 18.9. The van der Waals surface area contributed by atoms with Gasteiger partial charge < -0.3 is 20.4 Å². The van der Waals surface area contributed by atoms with Crippen molar-refractivity contribution in [2.75, 3.05) is 40.3 Å². The number of thiophene rings is 1. The lowest BCUT2D eigenvalue weighted by Gasteiger charge is -2.19. The molecule has 0 radical (unpaired) electrons. The number of hydrogen-bond acceptors (Lipinski definition) is 4. The minimum Gasteiger partial charge on any atom is -0.356 e. The average molecular weight is 380 g/mol. The number of carbonyl (C=O) groups excluding carboxylic acids is 2. The highest BCUT2D eigenvalue weighted by molar-refractivity contribution is 7.09. The van der Waals surface area contributed by atoms with E-state index in [2.05, 4.69) is 27.1 Å². The molecule has 2 rings (SSSR count). The molecule has 1 aliphatic rings. The maximum atomic E-state index is 11.8.